The van der Waals surface area contributed by atoms with Crippen LogP contribution in [0.5, 0.6) is 0 Å². The second-order valence-electron chi connectivity index (χ2n) is 3.92. The summed E-state index contributed by atoms with van der Waals surface area (Å²) < 4.78 is 0. The molecular weight excluding hydrogens is 288 g/mol. The number of hydrogen-bond donors (Lipinski definition) is 3. The molecule has 5 nitrogen and oxygen atoms in total. The van der Waals surface area contributed by atoms with Gasteiger partial charge in [0.25, 0.3) is 5.91 Å². The standard InChI is InChI=1S/C12H15ClN2O3S/c1-19-3-2-10(12(17)18)15-11(16)7-4-8(13)6-9(14)5-7/h4-6,10H,2-3,14H2,1H3,(H,15,16)(H,17,18)/t10-/m0/s1. The minimum absolute atomic E-state index is 0.250. The first-order valence-corrected chi connectivity index (χ1v) is 7.30. The van der Waals surface area contributed by atoms with Crippen molar-refractivity contribution in [2.24, 2.45) is 0 Å². The maximum atomic E-state index is 11.9. The lowest BCUT2D eigenvalue weighted by Crippen LogP contribution is -2.41. The number of halogens is 1. The number of hydrogen-bond acceptors (Lipinski definition) is 4. The molecule has 4 N–H and O–H groups in total. The van der Waals surface area contributed by atoms with Gasteiger partial charge in [-0.25, -0.2) is 4.79 Å². The summed E-state index contributed by atoms with van der Waals surface area (Å²) in [5.41, 5.74) is 6.19. The van der Waals surface area contributed by atoms with E-state index in [-0.39, 0.29) is 5.56 Å². The second-order valence-corrected chi connectivity index (χ2v) is 5.34. The van der Waals surface area contributed by atoms with Crippen LogP contribution in [0.25, 0.3) is 0 Å². The van der Waals surface area contributed by atoms with Crippen molar-refractivity contribution in [3.63, 3.8) is 0 Å². The highest BCUT2D eigenvalue weighted by atomic mass is 35.5. The molecule has 7 heteroatoms. The molecule has 1 aromatic rings. The van der Waals surface area contributed by atoms with Crippen molar-refractivity contribution in [3.8, 4) is 0 Å². The SMILES string of the molecule is CSCC[C@H](NC(=O)c1cc(N)cc(Cl)c1)C(=O)O. The van der Waals surface area contributed by atoms with Crippen LogP contribution in [0.2, 0.25) is 5.02 Å². The van der Waals surface area contributed by atoms with Gasteiger partial charge in [-0.1, -0.05) is 11.6 Å². The molecule has 19 heavy (non-hydrogen) atoms. The minimum Gasteiger partial charge on any atom is -0.480 e. The maximum Gasteiger partial charge on any atom is 0.326 e. The third-order valence-electron chi connectivity index (χ3n) is 2.40. The van der Waals surface area contributed by atoms with E-state index in [2.05, 4.69) is 5.32 Å². The maximum absolute atomic E-state index is 11.9. The van der Waals surface area contributed by atoms with Gasteiger partial charge in [0.05, 0.1) is 0 Å². The average molecular weight is 303 g/mol. The number of nitrogen functional groups attached to an aromatic ring is 1. The van der Waals surface area contributed by atoms with Crippen molar-refractivity contribution in [3.05, 3.63) is 28.8 Å². The van der Waals surface area contributed by atoms with Crippen molar-refractivity contribution in [1.29, 1.82) is 0 Å². The number of thioether (sulfide) groups is 1. The van der Waals surface area contributed by atoms with E-state index in [0.717, 1.165) is 0 Å². The van der Waals surface area contributed by atoms with Gasteiger partial charge in [0, 0.05) is 16.3 Å². The van der Waals surface area contributed by atoms with Crippen LogP contribution < -0.4 is 11.1 Å². The lowest BCUT2D eigenvalue weighted by Gasteiger charge is -2.14. The molecule has 1 amide bonds. The Labute approximate surface area is 120 Å². The summed E-state index contributed by atoms with van der Waals surface area (Å²) in [5.74, 6) is -0.908. The van der Waals surface area contributed by atoms with Crippen LogP contribution >= 0.6 is 23.4 Å². The fraction of sp³-hybridized carbons (Fsp3) is 0.333. The molecule has 0 fully saturated rings. The molecule has 0 spiro atoms. The quantitative estimate of drug-likeness (QED) is 0.698. The summed E-state index contributed by atoms with van der Waals surface area (Å²) in [6, 6.07) is 3.50. The number of carboxylic acid groups (broad SMARTS) is 1. The van der Waals surface area contributed by atoms with E-state index >= 15 is 0 Å². The number of carbonyl (C=O) groups excluding carboxylic acids is 1. The summed E-state index contributed by atoms with van der Waals surface area (Å²) in [7, 11) is 0. The van der Waals surface area contributed by atoms with Crippen LogP contribution in [-0.4, -0.2) is 35.0 Å². The summed E-state index contributed by atoms with van der Waals surface area (Å²) in [4.78, 5) is 23.0. The second kappa shape index (κ2) is 7.25. The molecule has 0 aliphatic heterocycles. The Morgan fingerprint density at radius 1 is 1.47 bits per heavy atom. The molecule has 0 saturated carbocycles. The molecule has 1 rings (SSSR count). The van der Waals surface area contributed by atoms with Crippen molar-refractivity contribution < 1.29 is 14.7 Å². The zero-order chi connectivity index (χ0) is 14.4. The highest BCUT2D eigenvalue weighted by Gasteiger charge is 2.20. The van der Waals surface area contributed by atoms with Crippen molar-refractivity contribution in [2.75, 3.05) is 17.7 Å². The van der Waals surface area contributed by atoms with Crippen molar-refractivity contribution in [2.45, 2.75) is 12.5 Å². The van der Waals surface area contributed by atoms with Crippen molar-refractivity contribution >= 4 is 40.9 Å². The predicted octanol–water partition coefficient (Wildman–Crippen LogP) is 1.86. The van der Waals surface area contributed by atoms with Gasteiger partial charge in [0.1, 0.15) is 6.04 Å². The number of rotatable bonds is 6. The van der Waals surface area contributed by atoms with Crippen LogP contribution in [0.15, 0.2) is 18.2 Å². The minimum atomic E-state index is -1.06. The van der Waals surface area contributed by atoms with Crippen molar-refractivity contribution in [1.82, 2.24) is 5.32 Å². The van der Waals surface area contributed by atoms with E-state index < -0.39 is 17.9 Å². The third kappa shape index (κ3) is 5.00. The molecule has 0 heterocycles. The number of benzene rings is 1. The zero-order valence-corrected chi connectivity index (χ0v) is 11.9. The Bertz CT molecular complexity index is 462. The van der Waals surface area contributed by atoms with E-state index in [9.17, 15) is 9.59 Å². The number of nitrogens with two attached hydrogens (primary N) is 1. The third-order valence-corrected chi connectivity index (χ3v) is 3.26. The predicted molar refractivity (Wildman–Crippen MR) is 77.8 cm³/mol. The first-order valence-electron chi connectivity index (χ1n) is 5.52. The smallest absolute Gasteiger partial charge is 0.326 e. The Kier molecular flexibility index (Phi) is 5.98. The lowest BCUT2D eigenvalue weighted by atomic mass is 10.1. The number of anilines is 1. The molecule has 1 atom stereocenters. The molecule has 0 saturated heterocycles. The Morgan fingerprint density at radius 2 is 2.16 bits per heavy atom. The van der Waals surface area contributed by atoms with Gasteiger partial charge in [0.15, 0.2) is 0 Å². The highest BCUT2D eigenvalue weighted by molar-refractivity contribution is 7.98. The van der Waals surface area contributed by atoms with Gasteiger partial charge >= 0.3 is 5.97 Å². The van der Waals surface area contributed by atoms with Gasteiger partial charge in [-0.3, -0.25) is 4.79 Å². The van der Waals surface area contributed by atoms with E-state index in [1.165, 1.54) is 30.0 Å². The number of carboxylic acids is 1. The Morgan fingerprint density at radius 3 is 2.68 bits per heavy atom. The first kappa shape index (κ1) is 15.7. The lowest BCUT2D eigenvalue weighted by molar-refractivity contribution is -0.139. The van der Waals surface area contributed by atoms with E-state index in [1.807, 2.05) is 6.26 Å². The molecule has 0 aliphatic carbocycles. The number of amides is 1. The first-order chi connectivity index (χ1) is 8.93. The topological polar surface area (TPSA) is 92.4 Å². The van der Waals surface area contributed by atoms with Gasteiger partial charge in [-0.05, 0) is 36.6 Å². The fourth-order valence-electron chi connectivity index (χ4n) is 1.48. The van der Waals surface area contributed by atoms with E-state index in [4.69, 9.17) is 22.4 Å². The number of nitrogens with one attached hydrogen (secondary N) is 1. The zero-order valence-electron chi connectivity index (χ0n) is 10.4. The molecule has 0 radical (unpaired) electrons. The van der Waals surface area contributed by atoms with E-state index in [1.54, 1.807) is 0 Å². The largest absolute Gasteiger partial charge is 0.480 e. The van der Waals surface area contributed by atoms with Gasteiger partial charge in [0.2, 0.25) is 0 Å². The van der Waals surface area contributed by atoms with Gasteiger partial charge in [-0.15, -0.1) is 0 Å². The summed E-state index contributed by atoms with van der Waals surface area (Å²) in [6.45, 7) is 0. The summed E-state index contributed by atoms with van der Waals surface area (Å²) in [5, 5.41) is 11.8. The Hall–Kier alpha value is -1.40. The van der Waals surface area contributed by atoms with Crippen LogP contribution in [0.4, 0.5) is 5.69 Å². The summed E-state index contributed by atoms with van der Waals surface area (Å²) in [6.07, 6.45) is 2.23. The number of aliphatic carboxylic acids is 1. The van der Waals surface area contributed by atoms with Gasteiger partial charge in [-0.2, -0.15) is 11.8 Å². The van der Waals surface area contributed by atoms with E-state index in [0.29, 0.717) is 22.9 Å². The van der Waals surface area contributed by atoms with Gasteiger partial charge < -0.3 is 16.2 Å². The average Bonchev–Trinajstić information content (AvgIpc) is 2.32. The van der Waals surface area contributed by atoms with Crippen LogP contribution in [-0.2, 0) is 4.79 Å². The summed E-state index contributed by atoms with van der Waals surface area (Å²) >= 11 is 7.32. The molecule has 1 aromatic carbocycles. The Balaban J connectivity index is 2.78. The monoisotopic (exact) mass is 302 g/mol. The molecule has 0 aliphatic rings. The fourth-order valence-corrected chi connectivity index (χ4v) is 2.19. The molecule has 0 aromatic heterocycles. The van der Waals surface area contributed by atoms with Crippen LogP contribution in [0, 0.1) is 0 Å². The highest BCUT2D eigenvalue weighted by Crippen LogP contribution is 2.16. The van der Waals surface area contributed by atoms with Crippen LogP contribution in [0.1, 0.15) is 16.8 Å². The van der Waals surface area contributed by atoms with Crippen LogP contribution in [0.3, 0.4) is 0 Å². The number of carbonyl (C=O) groups is 2. The normalized spacial score (nSPS) is 11.9. The molecule has 0 bridgehead atoms. The molecular formula is C12H15ClN2O3S. The molecule has 0 unspecified atom stereocenters. The molecule has 104 valence electrons.